The van der Waals surface area contributed by atoms with Crippen molar-refractivity contribution in [3.63, 3.8) is 0 Å². The highest BCUT2D eigenvalue weighted by Crippen LogP contribution is 2.15. The van der Waals surface area contributed by atoms with Crippen molar-refractivity contribution in [1.82, 2.24) is 15.0 Å². The van der Waals surface area contributed by atoms with E-state index in [0.29, 0.717) is 37.3 Å². The van der Waals surface area contributed by atoms with Crippen molar-refractivity contribution in [2.45, 2.75) is 26.5 Å². The molecule has 21 heavy (non-hydrogen) atoms. The monoisotopic (exact) mass is 288 g/mol. The lowest BCUT2D eigenvalue weighted by Gasteiger charge is -2.10. The van der Waals surface area contributed by atoms with Gasteiger partial charge in [-0.2, -0.15) is 4.98 Å². The zero-order chi connectivity index (χ0) is 14.9. The van der Waals surface area contributed by atoms with Gasteiger partial charge in [0.15, 0.2) is 5.82 Å². The largest absolute Gasteiger partial charge is 0.478 e. The van der Waals surface area contributed by atoms with E-state index in [0.717, 1.165) is 12.1 Å². The number of hydrogen-bond donors (Lipinski definition) is 1. The van der Waals surface area contributed by atoms with Gasteiger partial charge in [-0.3, -0.25) is 4.98 Å². The van der Waals surface area contributed by atoms with Gasteiger partial charge in [0.2, 0.25) is 5.88 Å². The van der Waals surface area contributed by atoms with E-state index >= 15 is 0 Å². The summed E-state index contributed by atoms with van der Waals surface area (Å²) in [7, 11) is 1.62. The third-order valence-corrected chi connectivity index (χ3v) is 2.65. The molecule has 0 aromatic carbocycles. The van der Waals surface area contributed by atoms with Crippen LogP contribution in [0.2, 0.25) is 0 Å². The number of pyridine rings is 1. The van der Waals surface area contributed by atoms with Crippen molar-refractivity contribution in [1.29, 1.82) is 0 Å². The lowest BCUT2D eigenvalue weighted by molar-refractivity contribution is 0.176. The minimum absolute atomic E-state index is 0.349. The maximum Gasteiger partial charge on any atom is 0.218 e. The lowest BCUT2D eigenvalue weighted by Crippen LogP contribution is -2.08. The molecule has 0 saturated heterocycles. The number of hydrogen-bond acceptors (Lipinski definition) is 6. The van der Waals surface area contributed by atoms with Crippen LogP contribution in [0.3, 0.4) is 0 Å². The van der Waals surface area contributed by atoms with E-state index in [9.17, 15) is 0 Å². The first-order chi connectivity index (χ1) is 10.3. The summed E-state index contributed by atoms with van der Waals surface area (Å²) in [6.45, 7) is 3.62. The molecular weight excluding hydrogens is 268 g/mol. The Bertz CT molecular complexity index is 549. The highest BCUT2D eigenvalue weighted by molar-refractivity contribution is 5.38. The van der Waals surface area contributed by atoms with E-state index in [1.165, 1.54) is 0 Å². The number of nitrogens with one attached hydrogen (secondary N) is 1. The Labute approximate surface area is 124 Å². The molecule has 0 unspecified atom stereocenters. The van der Waals surface area contributed by atoms with Crippen LogP contribution in [0.1, 0.15) is 24.9 Å². The summed E-state index contributed by atoms with van der Waals surface area (Å²) in [5.74, 6) is 1.85. The molecule has 2 aromatic rings. The van der Waals surface area contributed by atoms with E-state index in [4.69, 9.17) is 9.47 Å². The quantitative estimate of drug-likeness (QED) is 0.804. The molecule has 2 aromatic heterocycles. The first kappa shape index (κ1) is 15.2. The maximum absolute atomic E-state index is 5.57. The molecule has 0 atom stereocenters. The lowest BCUT2D eigenvalue weighted by atomic mass is 10.3. The van der Waals surface area contributed by atoms with Crippen molar-refractivity contribution < 1.29 is 9.47 Å². The Hall–Kier alpha value is -2.21. The Kier molecular flexibility index (Phi) is 5.90. The summed E-state index contributed by atoms with van der Waals surface area (Å²) >= 11 is 0. The van der Waals surface area contributed by atoms with Crippen molar-refractivity contribution >= 4 is 5.82 Å². The minimum Gasteiger partial charge on any atom is -0.478 e. The van der Waals surface area contributed by atoms with Gasteiger partial charge in [0.1, 0.15) is 12.4 Å². The summed E-state index contributed by atoms with van der Waals surface area (Å²) < 4.78 is 10.7. The molecule has 0 aliphatic carbocycles. The summed E-state index contributed by atoms with van der Waals surface area (Å²) in [5, 5.41) is 3.23. The zero-order valence-corrected chi connectivity index (χ0v) is 12.4. The number of methoxy groups -OCH3 is 1. The van der Waals surface area contributed by atoms with Gasteiger partial charge in [-0.1, -0.05) is 13.0 Å². The van der Waals surface area contributed by atoms with Crippen LogP contribution < -0.4 is 10.1 Å². The van der Waals surface area contributed by atoms with Crippen LogP contribution in [-0.4, -0.2) is 28.7 Å². The number of nitrogens with zero attached hydrogens (tertiary/aromatic N) is 3. The molecule has 0 spiro atoms. The maximum atomic E-state index is 5.57. The zero-order valence-electron chi connectivity index (χ0n) is 12.4. The normalized spacial score (nSPS) is 10.4. The SMILES string of the molecule is CCCOc1cc(NCc2ccccn2)nc(COC)n1. The predicted octanol–water partition coefficient (Wildman–Crippen LogP) is 2.42. The molecule has 0 amide bonds. The molecule has 2 rings (SSSR count). The third kappa shape index (κ3) is 5.00. The Morgan fingerprint density at radius 3 is 2.86 bits per heavy atom. The first-order valence-electron chi connectivity index (χ1n) is 6.95. The van der Waals surface area contributed by atoms with Crippen molar-refractivity contribution in [3.8, 4) is 5.88 Å². The Morgan fingerprint density at radius 1 is 1.24 bits per heavy atom. The smallest absolute Gasteiger partial charge is 0.218 e. The average Bonchev–Trinajstić information content (AvgIpc) is 2.52. The van der Waals surface area contributed by atoms with Crippen LogP contribution in [0.15, 0.2) is 30.5 Å². The number of ether oxygens (including phenoxy) is 2. The van der Waals surface area contributed by atoms with Crippen molar-refractivity contribution in [2.75, 3.05) is 19.0 Å². The molecule has 0 aliphatic rings. The molecule has 0 radical (unpaired) electrons. The highest BCUT2D eigenvalue weighted by Gasteiger charge is 2.06. The van der Waals surface area contributed by atoms with Crippen LogP contribution in [0, 0.1) is 0 Å². The molecule has 0 bridgehead atoms. The van der Waals surface area contributed by atoms with Gasteiger partial charge in [-0.15, -0.1) is 0 Å². The second kappa shape index (κ2) is 8.16. The second-order valence-corrected chi connectivity index (χ2v) is 4.46. The van der Waals surface area contributed by atoms with Gasteiger partial charge in [0.25, 0.3) is 0 Å². The van der Waals surface area contributed by atoms with E-state index in [1.807, 2.05) is 18.2 Å². The van der Waals surface area contributed by atoms with Crippen LogP contribution in [0.4, 0.5) is 5.82 Å². The number of aromatic nitrogens is 3. The van der Waals surface area contributed by atoms with E-state index in [1.54, 1.807) is 19.4 Å². The highest BCUT2D eigenvalue weighted by atomic mass is 16.5. The first-order valence-corrected chi connectivity index (χ1v) is 6.95. The molecule has 1 N–H and O–H groups in total. The molecule has 0 fully saturated rings. The molecule has 2 heterocycles. The van der Waals surface area contributed by atoms with Crippen molar-refractivity contribution in [3.05, 3.63) is 42.0 Å². The fourth-order valence-electron chi connectivity index (χ4n) is 1.72. The summed E-state index contributed by atoms with van der Waals surface area (Å²) in [6, 6.07) is 7.59. The van der Waals surface area contributed by atoms with E-state index in [-0.39, 0.29) is 0 Å². The molecule has 6 heteroatoms. The summed E-state index contributed by atoms with van der Waals surface area (Å²) in [5.41, 5.74) is 0.945. The van der Waals surface area contributed by atoms with Crippen LogP contribution in [0.25, 0.3) is 0 Å². The van der Waals surface area contributed by atoms with Gasteiger partial charge >= 0.3 is 0 Å². The van der Waals surface area contributed by atoms with Gasteiger partial charge in [-0.25, -0.2) is 4.98 Å². The summed E-state index contributed by atoms with van der Waals surface area (Å²) in [4.78, 5) is 13.0. The Morgan fingerprint density at radius 2 is 2.14 bits per heavy atom. The van der Waals surface area contributed by atoms with Gasteiger partial charge < -0.3 is 14.8 Å². The molecule has 112 valence electrons. The number of anilines is 1. The van der Waals surface area contributed by atoms with Gasteiger partial charge in [0.05, 0.1) is 18.8 Å². The molecular formula is C15H20N4O2. The molecule has 6 nitrogen and oxygen atoms in total. The summed E-state index contributed by atoms with van der Waals surface area (Å²) in [6.07, 6.45) is 2.70. The molecule has 0 aliphatic heterocycles. The van der Waals surface area contributed by atoms with E-state index < -0.39 is 0 Å². The van der Waals surface area contributed by atoms with Crippen LogP contribution in [0.5, 0.6) is 5.88 Å². The topological polar surface area (TPSA) is 69.2 Å². The standard InChI is InChI=1S/C15H20N4O2/c1-3-8-21-15-9-13(18-14(19-15)11-20-2)17-10-12-6-4-5-7-16-12/h4-7,9H,3,8,10-11H2,1-2H3,(H,17,18,19). The number of rotatable bonds is 8. The van der Waals surface area contributed by atoms with Crippen LogP contribution in [-0.2, 0) is 17.9 Å². The predicted molar refractivity (Wildman–Crippen MR) is 80.1 cm³/mol. The third-order valence-electron chi connectivity index (χ3n) is 2.65. The fraction of sp³-hybridized carbons (Fsp3) is 0.400. The second-order valence-electron chi connectivity index (χ2n) is 4.46. The minimum atomic E-state index is 0.349. The van der Waals surface area contributed by atoms with Crippen LogP contribution >= 0.6 is 0 Å². The fourth-order valence-corrected chi connectivity index (χ4v) is 1.72. The molecule has 0 saturated carbocycles. The Balaban J connectivity index is 2.07. The van der Waals surface area contributed by atoms with Crippen molar-refractivity contribution in [2.24, 2.45) is 0 Å². The van der Waals surface area contributed by atoms with Gasteiger partial charge in [0, 0.05) is 19.4 Å². The van der Waals surface area contributed by atoms with Gasteiger partial charge in [-0.05, 0) is 18.6 Å². The van der Waals surface area contributed by atoms with E-state index in [2.05, 4.69) is 27.2 Å². The average molecular weight is 288 g/mol.